The van der Waals surface area contributed by atoms with Crippen LogP contribution in [0.25, 0.3) is 0 Å². The fraction of sp³-hybridized carbons (Fsp3) is 0.833. The molecule has 0 rings (SSSR count). The Hall–Kier alpha value is -0.150. The largest absolute Gasteiger partial charge is 0.242 e. The van der Waals surface area contributed by atoms with E-state index in [0.29, 0.717) is 5.92 Å². The van der Waals surface area contributed by atoms with E-state index in [1.807, 2.05) is 27.7 Å². The topological polar surface area (TPSA) is 29.1 Å². The first-order valence-corrected chi connectivity index (χ1v) is 6.62. The number of rotatable bonds is 5. The smallest absolute Gasteiger partial charge is 0.0972 e. The van der Waals surface area contributed by atoms with Crippen molar-refractivity contribution in [1.29, 1.82) is 0 Å². The third-order valence-corrected chi connectivity index (χ3v) is 3.82. The van der Waals surface area contributed by atoms with Gasteiger partial charge in [-0.25, -0.2) is 8.93 Å². The van der Waals surface area contributed by atoms with Gasteiger partial charge in [-0.3, -0.25) is 0 Å². The molecule has 1 N–H and O–H groups in total. The molecule has 90 valence electrons. The Balaban J connectivity index is 4.42. The summed E-state index contributed by atoms with van der Waals surface area (Å²) in [5.41, 5.74) is 1.13. The second-order valence-corrected chi connectivity index (χ2v) is 7.51. The molecule has 0 saturated heterocycles. The Morgan fingerprint density at radius 1 is 1.40 bits per heavy atom. The molecule has 1 unspecified atom stereocenters. The Bertz CT molecular complexity index is 240. The zero-order valence-corrected chi connectivity index (χ0v) is 11.7. The number of hydrogen-bond acceptors (Lipinski definition) is 1. The first kappa shape index (κ1) is 14.8. The first-order valence-electron chi connectivity index (χ1n) is 5.47. The van der Waals surface area contributed by atoms with Crippen LogP contribution in [0.5, 0.6) is 0 Å². The normalized spacial score (nSPS) is 16.5. The van der Waals surface area contributed by atoms with Crippen molar-refractivity contribution < 1.29 is 4.21 Å². The van der Waals surface area contributed by atoms with Crippen LogP contribution >= 0.6 is 0 Å². The quantitative estimate of drug-likeness (QED) is 0.724. The summed E-state index contributed by atoms with van der Waals surface area (Å²) in [7, 11) is -0.996. The van der Waals surface area contributed by atoms with Crippen LogP contribution in [0.3, 0.4) is 0 Å². The van der Waals surface area contributed by atoms with E-state index in [4.69, 9.17) is 0 Å². The van der Waals surface area contributed by atoms with E-state index >= 15 is 0 Å². The molecule has 0 aliphatic heterocycles. The average Bonchev–Trinajstić information content (AvgIpc) is 1.99. The maximum atomic E-state index is 11.9. The van der Waals surface area contributed by atoms with Gasteiger partial charge in [-0.1, -0.05) is 19.4 Å². The van der Waals surface area contributed by atoms with E-state index in [-0.39, 0.29) is 10.8 Å². The van der Waals surface area contributed by atoms with Gasteiger partial charge in [-0.05, 0) is 40.0 Å². The molecule has 0 aliphatic carbocycles. The molecule has 2 nitrogen and oxygen atoms in total. The van der Waals surface area contributed by atoms with Gasteiger partial charge in [0.25, 0.3) is 0 Å². The molecule has 3 heteroatoms. The summed E-state index contributed by atoms with van der Waals surface area (Å²) < 4.78 is 14.9. The highest BCUT2D eigenvalue weighted by Crippen LogP contribution is 2.16. The molecular weight excluding hydrogens is 206 g/mol. The summed E-state index contributed by atoms with van der Waals surface area (Å²) >= 11 is 0. The predicted octanol–water partition coefficient (Wildman–Crippen LogP) is 3.03. The van der Waals surface area contributed by atoms with E-state index in [0.717, 1.165) is 12.0 Å². The van der Waals surface area contributed by atoms with Gasteiger partial charge in [-0.2, -0.15) is 0 Å². The van der Waals surface area contributed by atoms with E-state index in [1.54, 1.807) is 0 Å². The molecule has 0 aromatic heterocycles. The molecule has 0 saturated carbocycles. The van der Waals surface area contributed by atoms with Crippen molar-refractivity contribution in [3.8, 4) is 0 Å². The van der Waals surface area contributed by atoms with Gasteiger partial charge in [-0.15, -0.1) is 6.58 Å². The van der Waals surface area contributed by atoms with Crippen LogP contribution in [0.15, 0.2) is 12.2 Å². The van der Waals surface area contributed by atoms with Gasteiger partial charge in [0, 0.05) is 6.04 Å². The summed E-state index contributed by atoms with van der Waals surface area (Å²) in [6.07, 6.45) is 0.888. The average molecular weight is 231 g/mol. The zero-order chi connectivity index (χ0) is 12.2. The lowest BCUT2D eigenvalue weighted by Crippen LogP contribution is -2.42. The number of hydrogen-bond donors (Lipinski definition) is 1. The van der Waals surface area contributed by atoms with Gasteiger partial charge in [0.1, 0.15) is 0 Å². The van der Waals surface area contributed by atoms with Crippen LogP contribution in [-0.4, -0.2) is 15.0 Å². The van der Waals surface area contributed by atoms with Crippen LogP contribution in [0.1, 0.15) is 48.0 Å². The van der Waals surface area contributed by atoms with Crippen LogP contribution in [-0.2, 0) is 11.0 Å². The van der Waals surface area contributed by atoms with Gasteiger partial charge in [0.15, 0.2) is 0 Å². The molecule has 2 atom stereocenters. The van der Waals surface area contributed by atoms with Crippen molar-refractivity contribution in [2.45, 2.75) is 58.8 Å². The summed E-state index contributed by atoms with van der Waals surface area (Å²) in [6, 6.07) is 0.252. The molecule has 0 aromatic rings. The third-order valence-electron chi connectivity index (χ3n) is 2.19. The van der Waals surface area contributed by atoms with Crippen LogP contribution in [0.2, 0.25) is 0 Å². The monoisotopic (exact) mass is 231 g/mol. The molecule has 0 spiro atoms. The summed E-state index contributed by atoms with van der Waals surface area (Å²) in [6.45, 7) is 16.1. The second-order valence-electron chi connectivity index (χ2n) is 5.51. The molecule has 0 heterocycles. The van der Waals surface area contributed by atoms with E-state index < -0.39 is 11.0 Å². The van der Waals surface area contributed by atoms with Crippen molar-refractivity contribution in [1.82, 2.24) is 4.72 Å². The standard InChI is InChI=1S/C12H25NOS/c1-9(2)8-11(10(3)4)13-15(14)12(5,6)7/h10-11,13H,1,8H2,2-7H3/t11-,15?/m0/s1. The molecule has 0 radical (unpaired) electrons. The second kappa shape index (κ2) is 5.80. The van der Waals surface area contributed by atoms with Crippen molar-refractivity contribution in [3.63, 3.8) is 0 Å². The zero-order valence-electron chi connectivity index (χ0n) is 10.9. The minimum Gasteiger partial charge on any atom is -0.242 e. The lowest BCUT2D eigenvalue weighted by Gasteiger charge is -2.26. The minimum absolute atomic E-state index is 0.206. The van der Waals surface area contributed by atoms with Crippen molar-refractivity contribution >= 4 is 11.0 Å². The molecule has 0 aliphatic rings. The molecule has 0 amide bonds. The molecule has 15 heavy (non-hydrogen) atoms. The maximum Gasteiger partial charge on any atom is 0.0972 e. The van der Waals surface area contributed by atoms with Crippen molar-refractivity contribution in [2.24, 2.45) is 5.92 Å². The Labute approximate surface area is 97.1 Å². The predicted molar refractivity (Wildman–Crippen MR) is 69.1 cm³/mol. The Morgan fingerprint density at radius 3 is 2.13 bits per heavy atom. The molecule has 0 bridgehead atoms. The van der Waals surface area contributed by atoms with E-state index in [1.165, 1.54) is 0 Å². The highest BCUT2D eigenvalue weighted by Gasteiger charge is 2.24. The maximum absolute atomic E-state index is 11.9. The molecule has 0 aromatic carbocycles. The first-order chi connectivity index (χ1) is 6.64. The van der Waals surface area contributed by atoms with Gasteiger partial charge in [0.2, 0.25) is 0 Å². The van der Waals surface area contributed by atoms with Crippen molar-refractivity contribution in [2.75, 3.05) is 0 Å². The SMILES string of the molecule is C=C(C)C[C@H](NS(=O)C(C)(C)C)C(C)C. The summed E-state index contributed by atoms with van der Waals surface area (Å²) in [5, 5.41) is 0. The molecule has 0 fully saturated rings. The Morgan fingerprint density at radius 2 is 1.87 bits per heavy atom. The fourth-order valence-corrected chi connectivity index (χ4v) is 2.09. The minimum atomic E-state index is -0.996. The fourth-order valence-electron chi connectivity index (χ4n) is 1.10. The van der Waals surface area contributed by atoms with Gasteiger partial charge in [0.05, 0.1) is 15.7 Å². The lowest BCUT2D eigenvalue weighted by atomic mass is 9.99. The Kier molecular flexibility index (Phi) is 5.75. The van der Waals surface area contributed by atoms with E-state index in [9.17, 15) is 4.21 Å². The van der Waals surface area contributed by atoms with Crippen LogP contribution in [0, 0.1) is 5.92 Å². The third kappa shape index (κ3) is 6.10. The highest BCUT2D eigenvalue weighted by atomic mass is 32.2. The van der Waals surface area contributed by atoms with Crippen LogP contribution < -0.4 is 4.72 Å². The summed E-state index contributed by atoms with van der Waals surface area (Å²) in [4.78, 5) is 0. The van der Waals surface area contributed by atoms with Crippen LogP contribution in [0.4, 0.5) is 0 Å². The number of nitrogens with one attached hydrogen (secondary N) is 1. The van der Waals surface area contributed by atoms with Crippen molar-refractivity contribution in [3.05, 3.63) is 12.2 Å². The lowest BCUT2D eigenvalue weighted by molar-refractivity contribution is 0.453. The summed E-state index contributed by atoms with van der Waals surface area (Å²) in [5.74, 6) is 0.466. The van der Waals surface area contributed by atoms with Gasteiger partial charge < -0.3 is 0 Å². The molecular formula is C12H25NOS. The van der Waals surface area contributed by atoms with Gasteiger partial charge >= 0.3 is 0 Å². The highest BCUT2D eigenvalue weighted by molar-refractivity contribution is 7.84. The van der Waals surface area contributed by atoms with E-state index in [2.05, 4.69) is 25.1 Å².